The highest BCUT2D eigenvalue weighted by Crippen LogP contribution is 2.25. The van der Waals surface area contributed by atoms with Gasteiger partial charge in [-0.1, -0.05) is 0 Å². The van der Waals surface area contributed by atoms with Gasteiger partial charge in [0.15, 0.2) is 0 Å². The van der Waals surface area contributed by atoms with E-state index < -0.39 is 10.0 Å². The summed E-state index contributed by atoms with van der Waals surface area (Å²) < 4.78 is 36.3. The summed E-state index contributed by atoms with van der Waals surface area (Å²) in [7, 11) is -3.10. The molecule has 1 aromatic heterocycles. The summed E-state index contributed by atoms with van der Waals surface area (Å²) >= 11 is 0. The summed E-state index contributed by atoms with van der Waals surface area (Å²) in [4.78, 5) is 11.4. The Kier molecular flexibility index (Phi) is 7.87. The third-order valence-electron chi connectivity index (χ3n) is 6.83. The molecular formula is C27H33N5O4S. The number of benzene rings is 2. The molecule has 2 aliphatic heterocycles. The van der Waals surface area contributed by atoms with Gasteiger partial charge in [0.05, 0.1) is 31.8 Å². The molecule has 1 N–H and O–H groups in total. The highest BCUT2D eigenvalue weighted by Gasteiger charge is 2.25. The Bertz CT molecular complexity index is 1270. The van der Waals surface area contributed by atoms with E-state index in [0.717, 1.165) is 61.8 Å². The molecule has 0 spiro atoms. The van der Waals surface area contributed by atoms with E-state index in [0.29, 0.717) is 31.6 Å². The third kappa shape index (κ3) is 6.76. The molecule has 37 heavy (non-hydrogen) atoms. The van der Waals surface area contributed by atoms with Crippen LogP contribution < -0.4 is 15.0 Å². The molecule has 5 rings (SSSR count). The first kappa shape index (κ1) is 25.4. The molecule has 9 nitrogen and oxygen atoms in total. The van der Waals surface area contributed by atoms with Crippen LogP contribution in [0.25, 0.3) is 11.3 Å². The van der Waals surface area contributed by atoms with Crippen LogP contribution in [0.1, 0.15) is 12.8 Å². The Hall–Kier alpha value is -3.21. The Balaban J connectivity index is 1.15. The van der Waals surface area contributed by atoms with E-state index in [-0.39, 0.29) is 0 Å². The molecule has 2 aliphatic rings. The first-order chi connectivity index (χ1) is 17.9. The van der Waals surface area contributed by atoms with Crippen LogP contribution in [-0.4, -0.2) is 74.9 Å². The number of nitrogens with one attached hydrogen (secondary N) is 1. The Morgan fingerprint density at radius 3 is 2.35 bits per heavy atom. The fourth-order valence-electron chi connectivity index (χ4n) is 4.63. The maximum atomic E-state index is 11.7. The maximum absolute atomic E-state index is 11.7. The minimum absolute atomic E-state index is 0.358. The summed E-state index contributed by atoms with van der Waals surface area (Å²) in [6.07, 6.45) is 4.65. The van der Waals surface area contributed by atoms with Crippen molar-refractivity contribution in [3.05, 3.63) is 60.8 Å². The van der Waals surface area contributed by atoms with Crippen LogP contribution in [0.15, 0.2) is 60.8 Å². The van der Waals surface area contributed by atoms with Gasteiger partial charge in [-0.3, -0.25) is 0 Å². The quantitative estimate of drug-likeness (QED) is 0.477. The summed E-state index contributed by atoms with van der Waals surface area (Å²) in [5.74, 6) is 1.69. The van der Waals surface area contributed by atoms with Gasteiger partial charge >= 0.3 is 0 Å². The van der Waals surface area contributed by atoms with Gasteiger partial charge in [0.2, 0.25) is 16.0 Å². The number of hydrogen-bond acceptors (Lipinski definition) is 8. The van der Waals surface area contributed by atoms with Gasteiger partial charge in [-0.15, -0.1) is 0 Å². The Morgan fingerprint density at radius 2 is 1.68 bits per heavy atom. The van der Waals surface area contributed by atoms with E-state index in [1.165, 1.54) is 11.9 Å². The number of hydrogen-bond donors (Lipinski definition) is 1. The molecule has 3 aromatic rings. The zero-order chi connectivity index (χ0) is 25.7. The molecule has 0 amide bonds. The second kappa shape index (κ2) is 11.5. The van der Waals surface area contributed by atoms with Crippen molar-refractivity contribution in [2.24, 2.45) is 5.92 Å². The maximum Gasteiger partial charge on any atom is 0.227 e. The highest BCUT2D eigenvalue weighted by molar-refractivity contribution is 7.88. The number of rotatable bonds is 8. The minimum atomic E-state index is -3.10. The van der Waals surface area contributed by atoms with Crippen LogP contribution in [0.5, 0.6) is 5.75 Å². The van der Waals surface area contributed by atoms with E-state index >= 15 is 0 Å². The molecule has 0 atom stereocenters. The van der Waals surface area contributed by atoms with Gasteiger partial charge in [-0.25, -0.2) is 22.7 Å². The number of piperidine rings is 1. The molecule has 10 heteroatoms. The fraction of sp³-hybridized carbons (Fsp3) is 0.407. The Morgan fingerprint density at radius 1 is 0.973 bits per heavy atom. The van der Waals surface area contributed by atoms with Crippen molar-refractivity contribution in [2.45, 2.75) is 12.8 Å². The van der Waals surface area contributed by atoms with Crippen molar-refractivity contribution in [2.75, 3.05) is 62.5 Å². The molecule has 196 valence electrons. The van der Waals surface area contributed by atoms with Gasteiger partial charge in [0.25, 0.3) is 0 Å². The topological polar surface area (TPSA) is 96.9 Å². The van der Waals surface area contributed by atoms with Crippen LogP contribution in [-0.2, 0) is 14.8 Å². The average molecular weight is 524 g/mol. The van der Waals surface area contributed by atoms with E-state index in [4.69, 9.17) is 9.47 Å². The molecule has 0 bridgehead atoms. The van der Waals surface area contributed by atoms with Crippen molar-refractivity contribution in [1.29, 1.82) is 0 Å². The largest absolute Gasteiger partial charge is 0.493 e. The number of nitrogens with zero attached hydrogens (tertiary/aromatic N) is 4. The lowest BCUT2D eigenvalue weighted by Gasteiger charge is -2.30. The van der Waals surface area contributed by atoms with Crippen LogP contribution in [0.2, 0.25) is 0 Å². The van der Waals surface area contributed by atoms with Crippen LogP contribution in [0.3, 0.4) is 0 Å². The summed E-state index contributed by atoms with van der Waals surface area (Å²) in [5, 5.41) is 3.29. The molecule has 0 saturated carbocycles. The smallest absolute Gasteiger partial charge is 0.227 e. The predicted octanol–water partition coefficient (Wildman–Crippen LogP) is 3.77. The standard InChI is InChI=1S/C27H33N5O4S/c1-37(33,34)32-14-11-21(12-15-32)20-36-25-8-2-22(3-9-25)26-10-13-28-27(30-26)29-23-4-6-24(7-5-23)31-16-18-35-19-17-31/h2-10,13,21H,11-12,14-20H2,1H3,(H,28,29,30). The monoisotopic (exact) mass is 523 g/mol. The molecule has 2 saturated heterocycles. The van der Waals surface area contributed by atoms with Gasteiger partial charge in [0, 0.05) is 49.3 Å². The number of ether oxygens (including phenoxy) is 2. The molecule has 0 unspecified atom stereocenters. The number of sulfonamides is 1. The zero-order valence-corrected chi connectivity index (χ0v) is 21.9. The third-order valence-corrected chi connectivity index (χ3v) is 8.14. The highest BCUT2D eigenvalue weighted by atomic mass is 32.2. The SMILES string of the molecule is CS(=O)(=O)N1CCC(COc2ccc(-c3ccnc(Nc4ccc(N5CCOCC5)cc4)n3)cc2)CC1. The van der Waals surface area contributed by atoms with Crippen molar-refractivity contribution in [3.63, 3.8) is 0 Å². The first-order valence-electron chi connectivity index (χ1n) is 12.7. The number of morpholine rings is 1. The fourth-order valence-corrected chi connectivity index (χ4v) is 5.50. The Labute approximate surface area is 218 Å². The van der Waals surface area contributed by atoms with Crippen molar-refractivity contribution in [1.82, 2.24) is 14.3 Å². The van der Waals surface area contributed by atoms with Gasteiger partial charge in [-0.2, -0.15) is 0 Å². The van der Waals surface area contributed by atoms with Crippen molar-refractivity contribution in [3.8, 4) is 17.0 Å². The number of anilines is 3. The minimum Gasteiger partial charge on any atom is -0.493 e. The van der Waals surface area contributed by atoms with E-state index in [1.54, 1.807) is 10.5 Å². The summed E-state index contributed by atoms with van der Waals surface area (Å²) in [6, 6.07) is 18.0. The molecule has 0 aliphatic carbocycles. The van der Waals surface area contributed by atoms with E-state index in [9.17, 15) is 8.42 Å². The lowest BCUT2D eigenvalue weighted by molar-refractivity contribution is 0.122. The molecule has 0 radical (unpaired) electrons. The molecule has 3 heterocycles. The normalized spacial score (nSPS) is 17.5. The van der Waals surface area contributed by atoms with Crippen LogP contribution in [0.4, 0.5) is 17.3 Å². The van der Waals surface area contributed by atoms with E-state index in [1.807, 2.05) is 42.5 Å². The summed E-state index contributed by atoms with van der Waals surface area (Å²) in [5.41, 5.74) is 3.91. The predicted molar refractivity (Wildman–Crippen MR) is 145 cm³/mol. The average Bonchev–Trinajstić information content (AvgIpc) is 2.93. The first-order valence-corrected chi connectivity index (χ1v) is 14.5. The molecular weight excluding hydrogens is 490 g/mol. The van der Waals surface area contributed by atoms with Gasteiger partial charge in [0.1, 0.15) is 5.75 Å². The zero-order valence-electron chi connectivity index (χ0n) is 21.0. The van der Waals surface area contributed by atoms with Gasteiger partial charge in [-0.05, 0) is 73.4 Å². The van der Waals surface area contributed by atoms with Crippen LogP contribution >= 0.6 is 0 Å². The number of aromatic nitrogens is 2. The second-order valence-corrected chi connectivity index (χ2v) is 11.5. The van der Waals surface area contributed by atoms with Crippen LogP contribution in [0, 0.1) is 5.92 Å². The lowest BCUT2D eigenvalue weighted by Crippen LogP contribution is -2.39. The molecule has 2 aromatic carbocycles. The van der Waals surface area contributed by atoms with Crippen molar-refractivity contribution >= 4 is 27.3 Å². The second-order valence-electron chi connectivity index (χ2n) is 9.48. The molecule has 2 fully saturated rings. The lowest BCUT2D eigenvalue weighted by atomic mass is 9.99. The van der Waals surface area contributed by atoms with E-state index in [2.05, 4.69) is 32.3 Å². The van der Waals surface area contributed by atoms with Gasteiger partial charge < -0.3 is 19.7 Å². The van der Waals surface area contributed by atoms with Crippen molar-refractivity contribution < 1.29 is 17.9 Å². The summed E-state index contributed by atoms with van der Waals surface area (Å²) in [6.45, 7) is 5.06.